The minimum absolute atomic E-state index is 0.00727. The van der Waals surface area contributed by atoms with E-state index in [-0.39, 0.29) is 17.6 Å². The maximum Gasteiger partial charge on any atom is 0.224 e. The van der Waals surface area contributed by atoms with Crippen molar-refractivity contribution in [2.24, 2.45) is 5.92 Å². The van der Waals surface area contributed by atoms with Gasteiger partial charge in [0.05, 0.1) is 12.5 Å². The van der Waals surface area contributed by atoms with Gasteiger partial charge < -0.3 is 10.1 Å². The molecule has 0 aromatic heterocycles. The van der Waals surface area contributed by atoms with Crippen molar-refractivity contribution in [3.63, 3.8) is 0 Å². The molecule has 1 amide bonds. The number of benzene rings is 2. The lowest BCUT2D eigenvalue weighted by Gasteiger charge is -2.32. The van der Waals surface area contributed by atoms with E-state index in [4.69, 9.17) is 4.74 Å². The molecule has 1 atom stereocenters. The van der Waals surface area contributed by atoms with Gasteiger partial charge in [-0.3, -0.25) is 9.69 Å². The Balaban J connectivity index is 1.43. The van der Waals surface area contributed by atoms with Crippen LogP contribution < -0.4 is 10.1 Å². The Kier molecular flexibility index (Phi) is 7.64. The summed E-state index contributed by atoms with van der Waals surface area (Å²) >= 11 is 0. The minimum atomic E-state index is -0.220. The van der Waals surface area contributed by atoms with Crippen molar-refractivity contribution in [3.8, 4) is 5.75 Å². The van der Waals surface area contributed by atoms with Crippen molar-refractivity contribution < 1.29 is 13.9 Å². The number of likely N-dealkylation sites (tertiary alicyclic amines) is 1. The molecule has 29 heavy (non-hydrogen) atoms. The average molecular weight is 399 g/mol. The average Bonchev–Trinajstić information content (AvgIpc) is 2.73. The van der Waals surface area contributed by atoms with Gasteiger partial charge in [0.2, 0.25) is 5.91 Å². The van der Waals surface area contributed by atoms with Gasteiger partial charge in [-0.2, -0.15) is 0 Å². The van der Waals surface area contributed by atoms with Crippen LogP contribution in [0.25, 0.3) is 0 Å². The molecular weight excluding hydrogens is 367 g/mol. The zero-order chi connectivity index (χ0) is 20.6. The zero-order valence-electron chi connectivity index (χ0n) is 17.4. The number of para-hydroxylation sites is 1. The van der Waals surface area contributed by atoms with E-state index in [1.807, 2.05) is 30.3 Å². The zero-order valence-corrected chi connectivity index (χ0v) is 17.4. The van der Waals surface area contributed by atoms with Crippen molar-refractivity contribution in [1.29, 1.82) is 0 Å². The molecule has 1 fully saturated rings. The first-order valence-electron chi connectivity index (χ1n) is 10.5. The van der Waals surface area contributed by atoms with E-state index in [1.165, 1.54) is 17.7 Å². The number of halogens is 1. The quantitative estimate of drug-likeness (QED) is 0.672. The van der Waals surface area contributed by atoms with Gasteiger partial charge in [-0.1, -0.05) is 44.2 Å². The first-order valence-corrected chi connectivity index (χ1v) is 10.5. The van der Waals surface area contributed by atoms with E-state index < -0.39 is 0 Å². The second-order valence-corrected chi connectivity index (χ2v) is 8.03. The molecule has 1 heterocycles. The molecule has 4 nitrogen and oxygen atoms in total. The highest BCUT2D eigenvalue weighted by Gasteiger charge is 2.25. The molecule has 0 radical (unpaired) electrons. The molecule has 1 N–H and O–H groups in total. The van der Waals surface area contributed by atoms with Gasteiger partial charge in [-0.25, -0.2) is 4.39 Å². The van der Waals surface area contributed by atoms with Gasteiger partial charge in [0, 0.05) is 13.1 Å². The number of amides is 1. The number of hydrogen-bond acceptors (Lipinski definition) is 3. The summed E-state index contributed by atoms with van der Waals surface area (Å²) in [6.07, 6.45) is 1.90. The van der Waals surface area contributed by atoms with Crippen LogP contribution in [-0.4, -0.2) is 37.0 Å². The summed E-state index contributed by atoms with van der Waals surface area (Å²) in [7, 11) is 0. The number of carbonyl (C=O) groups is 1. The Labute approximate surface area is 173 Å². The molecule has 2 aromatic rings. The molecule has 3 rings (SSSR count). The lowest BCUT2D eigenvalue weighted by Crippen LogP contribution is -2.43. The summed E-state index contributed by atoms with van der Waals surface area (Å²) in [5.41, 5.74) is 2.26. The summed E-state index contributed by atoms with van der Waals surface area (Å²) in [5.74, 6) is 1.15. The number of nitrogens with zero attached hydrogens (tertiary/aromatic N) is 1. The molecule has 156 valence electrons. The Morgan fingerprint density at radius 3 is 2.72 bits per heavy atom. The number of rotatable bonds is 8. The number of nitrogens with one attached hydrogen (secondary N) is 1. The van der Waals surface area contributed by atoms with Crippen molar-refractivity contribution in [2.45, 2.75) is 39.2 Å². The SMILES string of the molecule is CC(C)c1ccccc1OCCNC(=O)C1CCCN(Cc2ccc(F)cc2)C1. The highest BCUT2D eigenvalue weighted by atomic mass is 19.1. The van der Waals surface area contributed by atoms with Crippen LogP contribution in [0.4, 0.5) is 4.39 Å². The van der Waals surface area contributed by atoms with Gasteiger partial charge in [0.25, 0.3) is 0 Å². The topological polar surface area (TPSA) is 41.6 Å². The Morgan fingerprint density at radius 1 is 1.21 bits per heavy atom. The second-order valence-electron chi connectivity index (χ2n) is 8.03. The van der Waals surface area contributed by atoms with Crippen LogP contribution in [0.15, 0.2) is 48.5 Å². The lowest BCUT2D eigenvalue weighted by atomic mass is 9.96. The highest BCUT2D eigenvalue weighted by Crippen LogP contribution is 2.25. The molecule has 1 saturated heterocycles. The van der Waals surface area contributed by atoms with Gasteiger partial charge in [0.1, 0.15) is 18.2 Å². The smallest absolute Gasteiger partial charge is 0.224 e. The fourth-order valence-electron chi connectivity index (χ4n) is 3.83. The molecular formula is C24H31FN2O2. The van der Waals surface area contributed by atoms with Crippen LogP contribution in [0.2, 0.25) is 0 Å². The standard InChI is InChI=1S/C24H31FN2O2/c1-18(2)22-7-3-4-8-23(22)29-15-13-26-24(28)20-6-5-14-27(17-20)16-19-9-11-21(25)12-10-19/h3-4,7-12,18,20H,5-6,13-17H2,1-2H3,(H,26,28). The van der Waals surface area contributed by atoms with Crippen LogP contribution in [0.3, 0.4) is 0 Å². The van der Waals surface area contributed by atoms with Gasteiger partial charge in [0.15, 0.2) is 0 Å². The number of hydrogen-bond donors (Lipinski definition) is 1. The first-order chi connectivity index (χ1) is 14.0. The summed E-state index contributed by atoms with van der Waals surface area (Å²) in [5, 5.41) is 3.02. The summed E-state index contributed by atoms with van der Waals surface area (Å²) in [6, 6.07) is 14.6. The van der Waals surface area contributed by atoms with Gasteiger partial charge in [-0.15, -0.1) is 0 Å². The third-order valence-electron chi connectivity index (χ3n) is 5.40. The number of carbonyl (C=O) groups excluding carboxylic acids is 1. The van der Waals surface area contributed by atoms with Crippen LogP contribution in [0, 0.1) is 11.7 Å². The van der Waals surface area contributed by atoms with E-state index >= 15 is 0 Å². The lowest BCUT2D eigenvalue weighted by molar-refractivity contribution is -0.126. The van der Waals surface area contributed by atoms with Crippen LogP contribution in [0.5, 0.6) is 5.75 Å². The van der Waals surface area contributed by atoms with E-state index in [1.54, 1.807) is 0 Å². The Bertz CT molecular complexity index is 792. The number of piperidine rings is 1. The molecule has 0 bridgehead atoms. The molecule has 0 aliphatic carbocycles. The predicted octanol–water partition coefficient (Wildman–Crippen LogP) is 4.36. The Morgan fingerprint density at radius 2 is 1.97 bits per heavy atom. The molecule has 2 aromatic carbocycles. The molecule has 0 spiro atoms. The van der Waals surface area contributed by atoms with Crippen molar-refractivity contribution >= 4 is 5.91 Å². The van der Waals surface area contributed by atoms with Crippen LogP contribution >= 0.6 is 0 Å². The normalized spacial score (nSPS) is 17.3. The van der Waals surface area contributed by atoms with E-state index in [0.29, 0.717) is 19.1 Å². The summed E-state index contributed by atoms with van der Waals surface area (Å²) in [6.45, 7) is 7.70. The van der Waals surface area contributed by atoms with Crippen molar-refractivity contribution in [3.05, 3.63) is 65.5 Å². The van der Waals surface area contributed by atoms with Crippen molar-refractivity contribution in [2.75, 3.05) is 26.2 Å². The maximum absolute atomic E-state index is 13.1. The summed E-state index contributed by atoms with van der Waals surface area (Å²) in [4.78, 5) is 14.9. The molecule has 1 aliphatic heterocycles. The predicted molar refractivity (Wildman–Crippen MR) is 113 cm³/mol. The van der Waals surface area contributed by atoms with Crippen LogP contribution in [0.1, 0.15) is 43.7 Å². The monoisotopic (exact) mass is 398 g/mol. The maximum atomic E-state index is 13.1. The second kappa shape index (κ2) is 10.4. The van der Waals surface area contributed by atoms with E-state index in [2.05, 4.69) is 30.1 Å². The Hall–Kier alpha value is -2.40. The van der Waals surface area contributed by atoms with Gasteiger partial charge in [-0.05, 0) is 54.6 Å². The van der Waals surface area contributed by atoms with E-state index in [9.17, 15) is 9.18 Å². The molecule has 0 saturated carbocycles. The minimum Gasteiger partial charge on any atom is -0.491 e. The largest absolute Gasteiger partial charge is 0.491 e. The number of ether oxygens (including phenoxy) is 1. The fourth-order valence-corrected chi connectivity index (χ4v) is 3.83. The van der Waals surface area contributed by atoms with Crippen LogP contribution in [-0.2, 0) is 11.3 Å². The third kappa shape index (κ3) is 6.29. The highest BCUT2D eigenvalue weighted by molar-refractivity contribution is 5.78. The fraction of sp³-hybridized carbons (Fsp3) is 0.458. The molecule has 1 unspecified atom stereocenters. The van der Waals surface area contributed by atoms with Crippen molar-refractivity contribution in [1.82, 2.24) is 10.2 Å². The third-order valence-corrected chi connectivity index (χ3v) is 5.40. The van der Waals surface area contributed by atoms with E-state index in [0.717, 1.165) is 43.8 Å². The molecule has 1 aliphatic rings. The molecule has 5 heteroatoms. The first kappa shape index (κ1) is 21.3. The summed E-state index contributed by atoms with van der Waals surface area (Å²) < 4.78 is 19.0. The van der Waals surface area contributed by atoms with Gasteiger partial charge >= 0.3 is 0 Å².